The Bertz CT molecular complexity index is 680. The standard InChI is InChI=1S/C13H12F3N3O2S/c14-13(15,16)12-17-11(18-21-12)8-5-9(22-7-8)6-19-4-2-1-3-10(19)20/h5,7H,1-4,6H2. The number of amides is 1. The number of hydrogen-bond donors (Lipinski definition) is 0. The molecule has 0 bridgehead atoms. The lowest BCUT2D eigenvalue weighted by Gasteiger charge is -2.26. The maximum atomic E-state index is 12.4. The monoisotopic (exact) mass is 331 g/mol. The molecule has 0 aliphatic carbocycles. The van der Waals surface area contributed by atoms with Crippen molar-refractivity contribution in [3.8, 4) is 11.4 Å². The van der Waals surface area contributed by atoms with E-state index in [1.807, 2.05) is 0 Å². The molecule has 3 rings (SSSR count). The van der Waals surface area contributed by atoms with E-state index in [4.69, 9.17) is 0 Å². The van der Waals surface area contributed by atoms with E-state index in [1.54, 1.807) is 16.3 Å². The highest BCUT2D eigenvalue weighted by molar-refractivity contribution is 7.10. The van der Waals surface area contributed by atoms with Crippen LogP contribution in [0, 0.1) is 0 Å². The van der Waals surface area contributed by atoms with Crippen LogP contribution in [0.15, 0.2) is 16.0 Å². The highest BCUT2D eigenvalue weighted by atomic mass is 32.1. The fourth-order valence-corrected chi connectivity index (χ4v) is 3.13. The van der Waals surface area contributed by atoms with Gasteiger partial charge in [0.25, 0.3) is 0 Å². The van der Waals surface area contributed by atoms with Gasteiger partial charge in [0.1, 0.15) is 0 Å². The number of carbonyl (C=O) groups is 1. The van der Waals surface area contributed by atoms with Crippen LogP contribution in [0.5, 0.6) is 0 Å². The predicted molar refractivity (Wildman–Crippen MR) is 71.9 cm³/mol. The smallest absolute Gasteiger partial charge is 0.338 e. The lowest BCUT2D eigenvalue weighted by molar-refractivity contribution is -0.159. The van der Waals surface area contributed by atoms with Crippen molar-refractivity contribution in [1.29, 1.82) is 0 Å². The molecule has 22 heavy (non-hydrogen) atoms. The molecule has 1 aliphatic rings. The Morgan fingerprint density at radius 3 is 2.86 bits per heavy atom. The number of hydrogen-bond acceptors (Lipinski definition) is 5. The van der Waals surface area contributed by atoms with Crippen molar-refractivity contribution in [2.24, 2.45) is 0 Å². The molecule has 1 saturated heterocycles. The van der Waals surface area contributed by atoms with Crippen LogP contribution < -0.4 is 0 Å². The lowest BCUT2D eigenvalue weighted by Crippen LogP contribution is -2.34. The first kappa shape index (κ1) is 15.0. The summed E-state index contributed by atoms with van der Waals surface area (Å²) in [6, 6.07) is 1.69. The summed E-state index contributed by atoms with van der Waals surface area (Å²) in [5, 5.41) is 5.01. The van der Waals surface area contributed by atoms with E-state index in [2.05, 4.69) is 14.7 Å². The minimum Gasteiger partial charge on any atom is -0.338 e. The van der Waals surface area contributed by atoms with Gasteiger partial charge in [-0.1, -0.05) is 5.16 Å². The molecule has 2 aromatic rings. The van der Waals surface area contributed by atoms with Crippen LogP contribution in [-0.4, -0.2) is 27.5 Å². The maximum Gasteiger partial charge on any atom is 0.471 e. The summed E-state index contributed by atoms with van der Waals surface area (Å²) < 4.78 is 41.5. The van der Waals surface area contributed by atoms with Crippen LogP contribution in [-0.2, 0) is 17.5 Å². The van der Waals surface area contributed by atoms with Crippen LogP contribution >= 0.6 is 11.3 Å². The average molecular weight is 331 g/mol. The van der Waals surface area contributed by atoms with Gasteiger partial charge in [0.05, 0.1) is 6.54 Å². The Morgan fingerprint density at radius 1 is 1.36 bits per heavy atom. The molecule has 1 aliphatic heterocycles. The van der Waals surface area contributed by atoms with Crippen molar-refractivity contribution in [3.63, 3.8) is 0 Å². The number of thiophene rings is 1. The van der Waals surface area contributed by atoms with E-state index in [1.165, 1.54) is 11.3 Å². The molecule has 3 heterocycles. The second-order valence-electron chi connectivity index (χ2n) is 4.99. The van der Waals surface area contributed by atoms with E-state index in [0.717, 1.165) is 17.7 Å². The van der Waals surface area contributed by atoms with Gasteiger partial charge in [-0.15, -0.1) is 11.3 Å². The minimum absolute atomic E-state index is 0.0974. The molecule has 2 aromatic heterocycles. The molecular weight excluding hydrogens is 319 g/mol. The third-order valence-electron chi connectivity index (χ3n) is 3.35. The first-order valence-electron chi connectivity index (χ1n) is 6.70. The molecule has 0 spiro atoms. The van der Waals surface area contributed by atoms with Gasteiger partial charge in [0, 0.05) is 28.8 Å². The van der Waals surface area contributed by atoms with Gasteiger partial charge >= 0.3 is 12.1 Å². The molecule has 0 saturated carbocycles. The number of halogens is 3. The lowest BCUT2D eigenvalue weighted by atomic mass is 10.1. The minimum atomic E-state index is -4.65. The summed E-state index contributed by atoms with van der Waals surface area (Å²) in [5.74, 6) is -1.35. The molecule has 5 nitrogen and oxygen atoms in total. The van der Waals surface area contributed by atoms with Gasteiger partial charge in [-0.3, -0.25) is 4.79 Å². The van der Waals surface area contributed by atoms with Gasteiger partial charge in [-0.05, 0) is 18.9 Å². The Hall–Kier alpha value is -1.90. The predicted octanol–water partition coefficient (Wildman–Crippen LogP) is 3.33. The molecule has 1 amide bonds. The SMILES string of the molecule is O=C1CCCCN1Cc1cc(-c2noc(C(F)(F)F)n2)cs1. The van der Waals surface area contributed by atoms with Crippen LogP contribution in [0.25, 0.3) is 11.4 Å². The molecule has 1 fully saturated rings. The van der Waals surface area contributed by atoms with Crippen LogP contribution in [0.1, 0.15) is 30.0 Å². The number of alkyl halides is 3. The van der Waals surface area contributed by atoms with Gasteiger partial charge in [-0.25, -0.2) is 0 Å². The molecular formula is C13H12F3N3O2S. The summed E-state index contributed by atoms with van der Waals surface area (Å²) in [5.41, 5.74) is 0.462. The van der Waals surface area contributed by atoms with Crippen LogP contribution in [0.2, 0.25) is 0 Å². The fourth-order valence-electron chi connectivity index (χ4n) is 2.25. The molecule has 9 heteroatoms. The fraction of sp³-hybridized carbons (Fsp3) is 0.462. The molecule has 0 radical (unpaired) electrons. The highest BCUT2D eigenvalue weighted by Crippen LogP contribution is 2.31. The number of nitrogens with zero attached hydrogens (tertiary/aromatic N) is 3. The third kappa shape index (κ3) is 3.13. The zero-order valence-corrected chi connectivity index (χ0v) is 12.2. The topological polar surface area (TPSA) is 59.2 Å². The van der Waals surface area contributed by atoms with Crippen molar-refractivity contribution in [2.45, 2.75) is 32.0 Å². The molecule has 0 atom stereocenters. The third-order valence-corrected chi connectivity index (χ3v) is 4.27. The quantitative estimate of drug-likeness (QED) is 0.865. The Labute approximate surface area is 127 Å². The number of likely N-dealkylation sites (tertiary alicyclic amines) is 1. The Kier molecular flexibility index (Phi) is 3.90. The summed E-state index contributed by atoms with van der Waals surface area (Å²) in [4.78, 5) is 17.7. The molecule has 0 unspecified atom stereocenters. The Morgan fingerprint density at radius 2 is 2.18 bits per heavy atom. The second-order valence-corrected chi connectivity index (χ2v) is 5.99. The zero-order chi connectivity index (χ0) is 15.7. The summed E-state index contributed by atoms with van der Waals surface area (Å²) in [6.07, 6.45) is -2.21. The van der Waals surface area contributed by atoms with E-state index in [9.17, 15) is 18.0 Å². The van der Waals surface area contributed by atoms with E-state index >= 15 is 0 Å². The summed E-state index contributed by atoms with van der Waals surface area (Å²) in [7, 11) is 0. The molecule has 0 aromatic carbocycles. The zero-order valence-electron chi connectivity index (χ0n) is 11.4. The number of rotatable bonds is 3. The van der Waals surface area contributed by atoms with E-state index < -0.39 is 12.1 Å². The highest BCUT2D eigenvalue weighted by Gasteiger charge is 2.38. The number of piperidine rings is 1. The summed E-state index contributed by atoms with van der Waals surface area (Å²) >= 11 is 1.36. The van der Waals surface area contributed by atoms with Crippen LogP contribution in [0.3, 0.4) is 0 Å². The van der Waals surface area contributed by atoms with Crippen molar-refractivity contribution in [3.05, 3.63) is 22.2 Å². The number of aromatic nitrogens is 2. The van der Waals surface area contributed by atoms with Crippen molar-refractivity contribution >= 4 is 17.2 Å². The average Bonchev–Trinajstić information content (AvgIpc) is 3.09. The van der Waals surface area contributed by atoms with Gasteiger partial charge in [0.2, 0.25) is 11.7 Å². The second kappa shape index (κ2) is 5.71. The van der Waals surface area contributed by atoms with Crippen molar-refractivity contribution < 1.29 is 22.5 Å². The Balaban J connectivity index is 1.73. The maximum absolute atomic E-state index is 12.4. The van der Waals surface area contributed by atoms with Crippen LogP contribution in [0.4, 0.5) is 13.2 Å². The first-order valence-corrected chi connectivity index (χ1v) is 7.58. The summed E-state index contributed by atoms with van der Waals surface area (Å²) in [6.45, 7) is 1.18. The molecule has 0 N–H and O–H groups in total. The van der Waals surface area contributed by atoms with Crippen molar-refractivity contribution in [1.82, 2.24) is 15.0 Å². The van der Waals surface area contributed by atoms with E-state index in [-0.39, 0.29) is 11.7 Å². The van der Waals surface area contributed by atoms with Gasteiger partial charge in [-0.2, -0.15) is 18.2 Å². The first-order chi connectivity index (χ1) is 10.4. The molecule has 118 valence electrons. The normalized spacial score (nSPS) is 16.3. The van der Waals surface area contributed by atoms with Crippen molar-refractivity contribution in [2.75, 3.05) is 6.54 Å². The largest absolute Gasteiger partial charge is 0.471 e. The number of carbonyl (C=O) groups excluding carboxylic acids is 1. The van der Waals surface area contributed by atoms with Gasteiger partial charge < -0.3 is 9.42 Å². The van der Waals surface area contributed by atoms with E-state index in [0.29, 0.717) is 25.1 Å². The van der Waals surface area contributed by atoms with Gasteiger partial charge in [0.15, 0.2) is 0 Å².